The van der Waals surface area contributed by atoms with Crippen LogP contribution >= 0.6 is 0 Å². The lowest BCUT2D eigenvalue weighted by Gasteiger charge is -2.44. The van der Waals surface area contributed by atoms with Crippen LogP contribution in [0.1, 0.15) is 27.7 Å². The molecule has 0 bridgehead atoms. The van der Waals surface area contributed by atoms with Gasteiger partial charge in [0.2, 0.25) is 0 Å². The summed E-state index contributed by atoms with van der Waals surface area (Å²) in [6.07, 6.45) is -8.64. The molecular weight excluding hydrogens is 328 g/mol. The van der Waals surface area contributed by atoms with Gasteiger partial charge in [-0.15, -0.1) is 0 Å². The number of ether oxygens (including phenoxy) is 4. The zero-order valence-electron chi connectivity index (χ0n) is 13.6. The van der Waals surface area contributed by atoms with E-state index in [1.807, 2.05) is 0 Å². The van der Waals surface area contributed by atoms with E-state index in [0.717, 1.165) is 20.8 Å². The summed E-state index contributed by atoms with van der Waals surface area (Å²) in [6.45, 7) is 4.45. The molecule has 1 aliphatic heterocycles. The monoisotopic (exact) mass is 348 g/mol. The van der Waals surface area contributed by atoms with E-state index >= 15 is 0 Å². The van der Waals surface area contributed by atoms with Crippen LogP contribution in [0.3, 0.4) is 0 Å². The number of carbonyl (C=O) groups is 4. The van der Waals surface area contributed by atoms with Gasteiger partial charge in [0.25, 0.3) is 0 Å². The first-order valence-corrected chi connectivity index (χ1v) is 7.12. The fraction of sp³-hybridized carbons (Fsp3) is 0.714. The van der Waals surface area contributed by atoms with Gasteiger partial charge < -0.3 is 29.2 Å². The first-order valence-electron chi connectivity index (χ1n) is 7.12. The Bertz CT molecular complexity index is 514. The maximum atomic E-state index is 11.4. The van der Waals surface area contributed by atoms with Crippen LogP contribution in [0, 0.1) is 0 Å². The highest BCUT2D eigenvalue weighted by molar-refractivity contribution is 5.75. The Balaban J connectivity index is 3.33. The zero-order valence-corrected chi connectivity index (χ0v) is 13.6. The molecule has 136 valence electrons. The summed E-state index contributed by atoms with van der Waals surface area (Å²) in [6, 6.07) is 0. The van der Waals surface area contributed by atoms with E-state index in [2.05, 4.69) is 0 Å². The topological polar surface area (TPSA) is 146 Å². The number of carboxylic acids is 1. The zero-order chi connectivity index (χ0) is 18.6. The highest BCUT2D eigenvalue weighted by atomic mass is 16.7. The highest BCUT2D eigenvalue weighted by Gasteiger charge is 2.55. The number of aliphatic hydroxyl groups excluding tert-OH is 1. The molecule has 1 aliphatic rings. The average molecular weight is 348 g/mol. The highest BCUT2D eigenvalue weighted by Crippen LogP contribution is 2.30. The second-order valence-corrected chi connectivity index (χ2v) is 5.32. The van der Waals surface area contributed by atoms with Gasteiger partial charge in [-0.2, -0.15) is 0 Å². The van der Waals surface area contributed by atoms with Crippen molar-refractivity contribution in [2.45, 2.75) is 64.3 Å². The van der Waals surface area contributed by atoms with Crippen molar-refractivity contribution in [3.8, 4) is 0 Å². The van der Waals surface area contributed by atoms with Gasteiger partial charge in [0, 0.05) is 20.8 Å². The van der Waals surface area contributed by atoms with Crippen molar-refractivity contribution in [3.63, 3.8) is 0 Å². The third kappa shape index (κ3) is 4.90. The molecule has 1 saturated heterocycles. The fourth-order valence-corrected chi connectivity index (χ4v) is 2.43. The largest absolute Gasteiger partial charge is 0.479 e. The Morgan fingerprint density at radius 3 is 1.67 bits per heavy atom. The van der Waals surface area contributed by atoms with Crippen molar-refractivity contribution in [2.75, 3.05) is 0 Å². The van der Waals surface area contributed by atoms with Gasteiger partial charge >= 0.3 is 23.9 Å². The molecule has 0 aromatic carbocycles. The van der Waals surface area contributed by atoms with Crippen molar-refractivity contribution < 1.29 is 48.3 Å². The van der Waals surface area contributed by atoms with Gasteiger partial charge in [-0.05, 0) is 6.92 Å². The molecule has 0 aromatic heterocycles. The second kappa shape index (κ2) is 8.06. The molecule has 1 fully saturated rings. The maximum absolute atomic E-state index is 11.4. The summed E-state index contributed by atoms with van der Waals surface area (Å²) in [5.41, 5.74) is 0. The Morgan fingerprint density at radius 1 is 0.875 bits per heavy atom. The Morgan fingerprint density at radius 2 is 1.29 bits per heavy atom. The summed E-state index contributed by atoms with van der Waals surface area (Å²) in [5, 5.41) is 19.1. The van der Waals surface area contributed by atoms with Gasteiger partial charge in [0.05, 0.1) is 6.10 Å². The molecule has 0 aromatic rings. The smallest absolute Gasteiger partial charge is 0.336 e. The number of hydrogen-bond donors (Lipinski definition) is 2. The van der Waals surface area contributed by atoms with Crippen LogP contribution in [-0.2, 0) is 38.1 Å². The fourth-order valence-electron chi connectivity index (χ4n) is 2.43. The van der Waals surface area contributed by atoms with E-state index < -0.39 is 60.5 Å². The van der Waals surface area contributed by atoms with Crippen LogP contribution in [0.25, 0.3) is 0 Å². The van der Waals surface area contributed by atoms with E-state index in [1.54, 1.807) is 0 Å². The predicted molar refractivity (Wildman–Crippen MR) is 74.6 cm³/mol. The molecule has 10 nitrogen and oxygen atoms in total. The number of esters is 3. The van der Waals surface area contributed by atoms with Crippen LogP contribution in [0.15, 0.2) is 0 Å². The molecule has 1 unspecified atom stereocenters. The normalized spacial score (nSPS) is 30.8. The molecular formula is C14H20O10. The molecule has 2 N–H and O–H groups in total. The Hall–Kier alpha value is -2.20. The van der Waals surface area contributed by atoms with Gasteiger partial charge in [-0.1, -0.05) is 0 Å². The number of carbonyl (C=O) groups excluding carboxylic acids is 3. The predicted octanol–water partition coefficient (Wildman–Crippen LogP) is -0.986. The quantitative estimate of drug-likeness (QED) is 0.469. The Labute approximate surface area is 137 Å². The van der Waals surface area contributed by atoms with Crippen molar-refractivity contribution in [1.29, 1.82) is 0 Å². The molecule has 0 spiro atoms. The molecule has 0 aliphatic carbocycles. The lowest BCUT2D eigenvalue weighted by Crippen LogP contribution is -2.65. The first kappa shape index (κ1) is 19.8. The van der Waals surface area contributed by atoms with E-state index in [-0.39, 0.29) is 0 Å². The number of aliphatic carboxylic acids is 1. The van der Waals surface area contributed by atoms with Gasteiger partial charge in [-0.25, -0.2) is 4.79 Å². The van der Waals surface area contributed by atoms with Crippen molar-refractivity contribution in [1.82, 2.24) is 0 Å². The summed E-state index contributed by atoms with van der Waals surface area (Å²) < 4.78 is 20.2. The SMILES string of the molecule is CC(=O)O[C@@H]1[C@@H](OC(C)=O)[C@H](C(=O)O)O[C@H](C(C)O)[C@H]1OC(C)=O. The summed E-state index contributed by atoms with van der Waals surface area (Å²) in [7, 11) is 0. The minimum absolute atomic E-state index is 0.776. The number of aliphatic hydroxyl groups is 1. The number of hydrogen-bond acceptors (Lipinski definition) is 9. The minimum atomic E-state index is -1.72. The lowest BCUT2D eigenvalue weighted by atomic mass is 9.91. The second-order valence-electron chi connectivity index (χ2n) is 5.32. The van der Waals surface area contributed by atoms with Crippen LogP contribution in [0.4, 0.5) is 0 Å². The minimum Gasteiger partial charge on any atom is -0.479 e. The van der Waals surface area contributed by atoms with Crippen molar-refractivity contribution >= 4 is 23.9 Å². The van der Waals surface area contributed by atoms with Crippen molar-refractivity contribution in [2.24, 2.45) is 0 Å². The number of rotatable bonds is 5. The third-order valence-electron chi connectivity index (χ3n) is 3.20. The molecule has 0 amide bonds. The van der Waals surface area contributed by atoms with E-state index in [0.29, 0.717) is 0 Å². The summed E-state index contributed by atoms with van der Waals surface area (Å²) in [4.78, 5) is 45.4. The van der Waals surface area contributed by atoms with Crippen LogP contribution in [-0.4, -0.2) is 70.7 Å². The molecule has 0 radical (unpaired) electrons. The summed E-state index contributed by atoms with van der Waals surface area (Å²) in [5.74, 6) is -3.93. The van der Waals surface area contributed by atoms with Gasteiger partial charge in [-0.3, -0.25) is 14.4 Å². The van der Waals surface area contributed by atoms with Crippen LogP contribution in [0.2, 0.25) is 0 Å². The first-order chi connectivity index (χ1) is 11.0. The standard InChI is InChI=1S/C14H20O10/c1-5(15)9-10(21-6(2)16)11(22-7(3)17)12(23-8(4)18)13(24-9)14(19)20/h5,9-13,15H,1-4H3,(H,19,20)/t5?,9-,10-,11+,12-,13-/m1/s1. The van der Waals surface area contributed by atoms with Gasteiger partial charge in [0.1, 0.15) is 6.10 Å². The molecule has 1 heterocycles. The van der Waals surface area contributed by atoms with Crippen LogP contribution in [0.5, 0.6) is 0 Å². The molecule has 0 saturated carbocycles. The molecule has 10 heteroatoms. The maximum Gasteiger partial charge on any atom is 0.336 e. The average Bonchev–Trinajstić information content (AvgIpc) is 2.40. The number of carboxylic acid groups (broad SMARTS) is 1. The molecule has 1 rings (SSSR count). The van der Waals surface area contributed by atoms with Gasteiger partial charge in [0.15, 0.2) is 24.4 Å². The Kier molecular flexibility index (Phi) is 6.67. The van der Waals surface area contributed by atoms with E-state index in [9.17, 15) is 29.4 Å². The molecule has 24 heavy (non-hydrogen) atoms. The lowest BCUT2D eigenvalue weighted by molar-refractivity contribution is -0.259. The van der Waals surface area contributed by atoms with E-state index in [1.165, 1.54) is 6.92 Å². The van der Waals surface area contributed by atoms with E-state index in [4.69, 9.17) is 18.9 Å². The van der Waals surface area contributed by atoms with Crippen molar-refractivity contribution in [3.05, 3.63) is 0 Å². The molecule has 6 atom stereocenters. The third-order valence-corrected chi connectivity index (χ3v) is 3.20. The van der Waals surface area contributed by atoms with Crippen LogP contribution < -0.4 is 0 Å². The summed E-state index contributed by atoms with van der Waals surface area (Å²) >= 11 is 0.